The van der Waals surface area contributed by atoms with Crippen molar-refractivity contribution in [2.45, 2.75) is 202 Å². The molecule has 0 unspecified atom stereocenters. The van der Waals surface area contributed by atoms with Crippen LogP contribution in [0.4, 0.5) is 17.1 Å². The van der Waals surface area contributed by atoms with Crippen molar-refractivity contribution in [2.75, 3.05) is 4.90 Å². The van der Waals surface area contributed by atoms with E-state index in [1.807, 2.05) is 0 Å². The fraction of sp³-hybridized carbons (Fsp3) is 0.270. The number of benzene rings is 14. The molecule has 0 fully saturated rings. The predicted octanol–water partition coefficient (Wildman–Crippen LogP) is 33.3. The molecule has 2 heteroatoms. The van der Waals surface area contributed by atoms with Gasteiger partial charge in [0.25, 0.3) is 0 Å². The van der Waals surface area contributed by atoms with E-state index in [0.717, 1.165) is 28.0 Å². The highest BCUT2D eigenvalue weighted by atomic mass is 79.9. The molecule has 0 amide bonds. The lowest BCUT2D eigenvalue weighted by Crippen LogP contribution is -2.17. The van der Waals surface area contributed by atoms with E-state index in [1.54, 1.807) is 0 Å². The summed E-state index contributed by atoms with van der Waals surface area (Å²) in [7, 11) is 0. The lowest BCUT2D eigenvalue weighted by Gasteiger charge is -2.30. The highest BCUT2D eigenvalue weighted by Gasteiger charge is 2.38. The Morgan fingerprint density at radius 2 is 0.556 bits per heavy atom. The molecule has 0 aromatic heterocycles. The SMILES string of the molecule is CC(C)(C)c1cc(-c2cccc(Br)c2)cc(-c2cc(C(C)(C)C)cc(C(C)(C)C)c2)c1.CC(C)(C)c1cc(-c2cccc(N(c3ccc4c(c3)C(C)(C)c3ccccc3-4)c3ccccc3-c3ccccc3)c2)cc(-c2cc(C(C)(C)C)cc(C(C)(C)C)c2)c1.CC1(C)c2ccccc2-c2ccc(Cc3ccccc3-c3ccccc3)cc21. The van der Waals surface area contributed by atoms with Crippen LogP contribution in [0.25, 0.3) is 89.0 Å². The summed E-state index contributed by atoms with van der Waals surface area (Å²) in [6.07, 6.45) is 0.949. The van der Waals surface area contributed by atoms with Crippen molar-refractivity contribution >= 4 is 33.0 Å². The van der Waals surface area contributed by atoms with E-state index in [9.17, 15) is 0 Å². The molecule has 0 atom stereocenters. The number of para-hydroxylation sites is 1. The van der Waals surface area contributed by atoms with Crippen LogP contribution in [0.1, 0.15) is 219 Å². The van der Waals surface area contributed by atoms with Gasteiger partial charge in [0.05, 0.1) is 5.69 Å². The zero-order valence-corrected chi connectivity index (χ0v) is 75.1. The number of hydrogen-bond donors (Lipinski definition) is 0. The molecule has 0 aliphatic heterocycles. The van der Waals surface area contributed by atoms with Gasteiger partial charge < -0.3 is 4.90 Å². The Bertz CT molecular complexity index is 5910. The van der Waals surface area contributed by atoms with Crippen LogP contribution in [-0.4, -0.2) is 0 Å². The summed E-state index contributed by atoms with van der Waals surface area (Å²) in [6, 6.07) is 118. The van der Waals surface area contributed by atoms with E-state index in [2.05, 4.69) is 489 Å². The van der Waals surface area contributed by atoms with Gasteiger partial charge in [0.15, 0.2) is 0 Å². The zero-order chi connectivity index (χ0) is 83.5. The zero-order valence-electron chi connectivity index (χ0n) is 73.6. The van der Waals surface area contributed by atoms with Crippen molar-refractivity contribution in [3.8, 4) is 89.0 Å². The lowest BCUT2D eigenvalue weighted by atomic mass is 9.78. The summed E-state index contributed by atoms with van der Waals surface area (Å²) < 4.78 is 1.11. The number of nitrogens with zero attached hydrogens (tertiary/aromatic N) is 1. The van der Waals surface area contributed by atoms with Crippen LogP contribution in [0.5, 0.6) is 0 Å². The summed E-state index contributed by atoms with van der Waals surface area (Å²) in [6.45, 7) is 51.0. The van der Waals surface area contributed by atoms with Gasteiger partial charge in [-0.15, -0.1) is 0 Å². The molecule has 2 aliphatic rings. The molecule has 0 saturated carbocycles. The number of halogens is 1. The van der Waals surface area contributed by atoms with Crippen molar-refractivity contribution in [1.29, 1.82) is 0 Å². The number of hydrogen-bond acceptors (Lipinski definition) is 1. The van der Waals surface area contributed by atoms with Crippen molar-refractivity contribution < 1.29 is 0 Å². The molecule has 0 saturated heterocycles. The third-order valence-electron chi connectivity index (χ3n) is 24.4. The maximum Gasteiger partial charge on any atom is 0.0540 e. The highest BCUT2D eigenvalue weighted by Crippen LogP contribution is 2.53. The quantitative estimate of drug-likeness (QED) is 0.125. The summed E-state index contributed by atoms with van der Waals surface area (Å²) in [5.74, 6) is 0. The molecule has 16 rings (SSSR count). The molecular weight excluding hydrogens is 1480 g/mol. The first kappa shape index (κ1) is 82.9. The van der Waals surface area contributed by atoms with Crippen molar-refractivity contribution in [3.05, 3.63) is 387 Å². The van der Waals surface area contributed by atoms with Gasteiger partial charge in [0.2, 0.25) is 0 Å². The van der Waals surface area contributed by atoms with Gasteiger partial charge >= 0.3 is 0 Å². The largest absolute Gasteiger partial charge is 0.310 e. The Morgan fingerprint density at radius 3 is 1.01 bits per heavy atom. The van der Waals surface area contributed by atoms with Gasteiger partial charge in [-0.1, -0.05) is 429 Å². The van der Waals surface area contributed by atoms with Crippen molar-refractivity contribution in [1.82, 2.24) is 0 Å². The number of fused-ring (bicyclic) bond motifs is 6. The van der Waals surface area contributed by atoms with Gasteiger partial charge in [-0.25, -0.2) is 0 Å². The van der Waals surface area contributed by atoms with Crippen LogP contribution in [0.15, 0.2) is 320 Å². The minimum Gasteiger partial charge on any atom is -0.310 e. The van der Waals surface area contributed by atoms with Gasteiger partial charge in [-0.05, 0) is 244 Å². The Labute approximate surface area is 710 Å². The topological polar surface area (TPSA) is 3.24 Å². The Balaban J connectivity index is 0.000000160. The summed E-state index contributed by atoms with van der Waals surface area (Å²) >= 11 is 3.64. The maximum absolute atomic E-state index is 3.64. The number of rotatable bonds is 11. The van der Waals surface area contributed by atoms with E-state index in [1.165, 1.54) is 156 Å². The third kappa shape index (κ3) is 17.8. The normalized spacial score (nSPS) is 13.4. The third-order valence-corrected chi connectivity index (χ3v) is 24.9. The first-order valence-corrected chi connectivity index (χ1v) is 43.0. The second-order valence-corrected chi connectivity index (χ2v) is 41.0. The fourth-order valence-electron chi connectivity index (χ4n) is 17.0. The Kier molecular flexibility index (Phi) is 22.7. The Hall–Kier alpha value is -10.6. The molecule has 0 radical (unpaired) electrons. The van der Waals surface area contributed by atoms with Gasteiger partial charge in [0.1, 0.15) is 0 Å². The number of anilines is 3. The molecule has 592 valence electrons. The van der Waals surface area contributed by atoms with Gasteiger partial charge in [-0.3, -0.25) is 0 Å². The van der Waals surface area contributed by atoms with Crippen LogP contribution in [0.3, 0.4) is 0 Å². The lowest BCUT2D eigenvalue weighted by molar-refractivity contribution is 0.568. The van der Waals surface area contributed by atoms with Crippen LogP contribution in [0, 0.1) is 0 Å². The highest BCUT2D eigenvalue weighted by molar-refractivity contribution is 9.10. The van der Waals surface area contributed by atoms with Gasteiger partial charge in [0, 0.05) is 32.2 Å². The van der Waals surface area contributed by atoms with E-state index in [0.29, 0.717) is 0 Å². The molecule has 14 aromatic rings. The molecule has 14 aromatic carbocycles. The molecule has 0 heterocycles. The molecular formula is C115H120BrN. The average molecular weight is 1600 g/mol. The summed E-state index contributed by atoms with van der Waals surface area (Å²) in [5.41, 5.74) is 40.8. The molecule has 117 heavy (non-hydrogen) atoms. The van der Waals surface area contributed by atoms with E-state index in [4.69, 9.17) is 0 Å². The van der Waals surface area contributed by atoms with E-state index in [-0.39, 0.29) is 43.3 Å². The van der Waals surface area contributed by atoms with E-state index >= 15 is 0 Å². The first-order valence-electron chi connectivity index (χ1n) is 42.2. The van der Waals surface area contributed by atoms with Crippen LogP contribution >= 0.6 is 15.9 Å². The second-order valence-electron chi connectivity index (χ2n) is 40.1. The minimum atomic E-state index is -0.116. The second kappa shape index (κ2) is 32.0. The average Bonchev–Trinajstić information content (AvgIpc) is 1.60. The Morgan fingerprint density at radius 1 is 0.231 bits per heavy atom. The maximum atomic E-state index is 3.64. The van der Waals surface area contributed by atoms with Crippen LogP contribution < -0.4 is 4.90 Å². The van der Waals surface area contributed by atoms with Crippen molar-refractivity contribution in [2.24, 2.45) is 0 Å². The monoisotopic (exact) mass is 1590 g/mol. The smallest absolute Gasteiger partial charge is 0.0540 e. The standard InChI is InChI=1S/C57H59N.C30H37Br.C28H24/c1-54(2,3)43-31-40(30-41(32-43)42-33-44(55(4,5)6)36-45(34-42)56(7,8)9)39-22-19-23-46(35-39)58(53-27-18-16-24-48(53)38-20-13-12-14-21-38)47-28-29-50-49-25-15-17-26-51(49)57(10,11)52(50)37-47;1-28(2,3)24-14-21(20-11-10-12-27(31)18-20)13-22(15-24)23-16-25(29(4,5)6)19-26(17-23)30(7,8)9;1-28(2)26-15-9-8-14-24(26)25-17-16-20(19-27(25)28)18-22-12-6-7-13-23(22)21-10-4-3-5-11-21/h12-37H,1-11H3;10-19H,1-9H3;3-17,19H,18H2,1-2H3. The van der Waals surface area contributed by atoms with E-state index < -0.39 is 0 Å². The van der Waals surface area contributed by atoms with Crippen molar-refractivity contribution in [3.63, 3.8) is 0 Å². The first-order chi connectivity index (χ1) is 55.2. The molecule has 0 bridgehead atoms. The summed E-state index contributed by atoms with van der Waals surface area (Å²) in [4.78, 5) is 2.47. The molecule has 0 N–H and O–H groups in total. The molecule has 0 spiro atoms. The van der Waals surface area contributed by atoms with Gasteiger partial charge in [-0.2, -0.15) is 0 Å². The molecule has 1 nitrogen and oxygen atoms in total. The molecule has 2 aliphatic carbocycles. The fourth-order valence-corrected chi connectivity index (χ4v) is 17.4. The van der Waals surface area contributed by atoms with Crippen LogP contribution in [0.2, 0.25) is 0 Å². The summed E-state index contributed by atoms with van der Waals surface area (Å²) in [5, 5.41) is 0. The van der Waals surface area contributed by atoms with Crippen LogP contribution in [-0.2, 0) is 49.7 Å². The minimum absolute atomic E-state index is 0.0316. The predicted molar refractivity (Wildman–Crippen MR) is 511 cm³/mol.